The Morgan fingerprint density at radius 1 is 0.796 bits per heavy atom. The number of benzene rings is 3. The molecule has 2 atom stereocenters. The first kappa shape index (κ1) is 37.2. The van der Waals surface area contributed by atoms with Crippen LogP contribution < -0.4 is 25.4 Å². The minimum Gasteiger partial charge on any atom is -0.494 e. The molecule has 1 aromatic heterocycles. The van der Waals surface area contributed by atoms with Crippen LogP contribution in [-0.2, 0) is 14.2 Å². The van der Waals surface area contributed by atoms with Crippen molar-refractivity contribution >= 4 is 40.9 Å². The molecule has 262 valence electrons. The number of fused-ring (bicyclic) bond motifs is 1. The summed E-state index contributed by atoms with van der Waals surface area (Å²) in [6.45, 7) is 2.87. The summed E-state index contributed by atoms with van der Waals surface area (Å²) in [5.41, 5.74) is 1.36. The molecular weight excluding hydrogens is 661 g/mol. The normalized spacial score (nSPS) is 15.4. The second-order valence-corrected chi connectivity index (χ2v) is 10.9. The monoisotopic (exact) mass is 699 g/mol. The average Bonchev–Trinajstić information content (AvgIpc) is 3.76. The van der Waals surface area contributed by atoms with E-state index in [2.05, 4.69) is 26.1 Å². The number of amides is 2. The molecule has 3 aromatic carbocycles. The van der Waals surface area contributed by atoms with Gasteiger partial charge in [-0.15, -0.1) is 12.4 Å². The Bertz CT molecular complexity index is 1720. The van der Waals surface area contributed by atoms with E-state index in [0.717, 1.165) is 10.9 Å². The highest BCUT2D eigenvalue weighted by Crippen LogP contribution is 2.31. The fraction of sp³-hybridized carbons (Fsp3) is 0.353. The van der Waals surface area contributed by atoms with Crippen molar-refractivity contribution in [1.29, 1.82) is 0 Å². The Labute approximate surface area is 288 Å². The zero-order valence-electron chi connectivity index (χ0n) is 27.1. The van der Waals surface area contributed by atoms with Crippen LogP contribution in [0.5, 0.6) is 11.5 Å². The summed E-state index contributed by atoms with van der Waals surface area (Å²) >= 11 is 0. The van der Waals surface area contributed by atoms with Crippen molar-refractivity contribution < 1.29 is 42.5 Å². The van der Waals surface area contributed by atoms with E-state index in [9.17, 15) is 14.4 Å². The predicted octanol–water partition coefficient (Wildman–Crippen LogP) is 2.92. The number of nitrogens with one attached hydrogen (secondary N) is 4. The van der Waals surface area contributed by atoms with E-state index in [-0.39, 0.29) is 72.1 Å². The van der Waals surface area contributed by atoms with Crippen LogP contribution >= 0.6 is 12.4 Å². The first-order valence-electron chi connectivity index (χ1n) is 15.4. The molecule has 0 radical (unpaired) electrons. The predicted molar refractivity (Wildman–Crippen MR) is 181 cm³/mol. The van der Waals surface area contributed by atoms with Crippen LogP contribution in [0.2, 0.25) is 0 Å². The maximum atomic E-state index is 15.4. The topological polar surface area (TPSA) is 162 Å². The van der Waals surface area contributed by atoms with Gasteiger partial charge >= 0.3 is 0 Å². The quantitative estimate of drug-likeness (QED) is 0.0953. The SMILES string of the molecule is COCCOCCOCCOc1ccc(OC)c(F)c1C(=O)c1ccc(C(=O)N[C@@H]2CNC[C@H]2NC(=O)c2ccc3cn[nH]c3c2)cc1.Cl. The largest absolute Gasteiger partial charge is 0.494 e. The number of nitrogens with zero attached hydrogens (tertiary/aromatic N) is 1. The summed E-state index contributed by atoms with van der Waals surface area (Å²) in [6, 6.07) is 13.2. The highest BCUT2D eigenvalue weighted by Gasteiger charge is 2.30. The number of ether oxygens (including phenoxy) is 5. The summed E-state index contributed by atoms with van der Waals surface area (Å²) in [4.78, 5) is 39.6. The third-order valence-corrected chi connectivity index (χ3v) is 7.76. The summed E-state index contributed by atoms with van der Waals surface area (Å²) in [5, 5.41) is 16.9. The number of carbonyl (C=O) groups excluding carboxylic acids is 3. The second-order valence-electron chi connectivity index (χ2n) is 10.9. The molecule has 0 bridgehead atoms. The number of methoxy groups -OCH3 is 2. The number of aromatic amines is 1. The zero-order valence-corrected chi connectivity index (χ0v) is 27.9. The molecular formula is C34H39ClFN5O8. The maximum absolute atomic E-state index is 15.4. The Kier molecular flexibility index (Phi) is 13.9. The van der Waals surface area contributed by atoms with E-state index in [1.54, 1.807) is 25.4 Å². The van der Waals surface area contributed by atoms with Crippen LogP contribution in [0, 0.1) is 5.82 Å². The molecule has 5 rings (SSSR count). The molecule has 15 heteroatoms. The smallest absolute Gasteiger partial charge is 0.251 e. The van der Waals surface area contributed by atoms with E-state index in [1.807, 2.05) is 6.07 Å². The number of hydrogen-bond donors (Lipinski definition) is 4. The van der Waals surface area contributed by atoms with Crippen LogP contribution in [0.4, 0.5) is 4.39 Å². The van der Waals surface area contributed by atoms with E-state index in [1.165, 1.54) is 43.5 Å². The zero-order chi connectivity index (χ0) is 33.9. The Balaban J connectivity index is 0.00000541. The fourth-order valence-corrected chi connectivity index (χ4v) is 5.18. The molecule has 1 aliphatic rings. The Hall–Kier alpha value is -4.60. The van der Waals surface area contributed by atoms with Crippen LogP contribution in [0.3, 0.4) is 0 Å². The van der Waals surface area contributed by atoms with Gasteiger partial charge in [0.15, 0.2) is 17.3 Å². The number of hydrogen-bond acceptors (Lipinski definition) is 10. The van der Waals surface area contributed by atoms with E-state index >= 15 is 4.39 Å². The van der Waals surface area contributed by atoms with Crippen molar-refractivity contribution in [2.45, 2.75) is 12.1 Å². The molecule has 13 nitrogen and oxygen atoms in total. The molecule has 1 aliphatic heterocycles. The lowest BCUT2D eigenvalue weighted by Crippen LogP contribution is -2.51. The molecule has 0 saturated carbocycles. The lowest BCUT2D eigenvalue weighted by molar-refractivity contribution is 0.0179. The van der Waals surface area contributed by atoms with Gasteiger partial charge in [-0.25, -0.2) is 4.39 Å². The molecule has 1 saturated heterocycles. The Morgan fingerprint density at radius 3 is 2.06 bits per heavy atom. The molecule has 0 spiro atoms. The van der Waals surface area contributed by atoms with Gasteiger partial charge in [-0.2, -0.15) is 5.10 Å². The highest BCUT2D eigenvalue weighted by atomic mass is 35.5. The molecule has 49 heavy (non-hydrogen) atoms. The number of halogens is 2. The molecule has 0 unspecified atom stereocenters. The number of H-pyrrole nitrogens is 1. The minimum absolute atomic E-state index is 0. The number of rotatable bonds is 17. The van der Waals surface area contributed by atoms with Gasteiger partial charge in [-0.3, -0.25) is 19.5 Å². The lowest BCUT2D eigenvalue weighted by Gasteiger charge is -2.21. The number of carbonyl (C=O) groups is 3. The fourth-order valence-electron chi connectivity index (χ4n) is 5.18. The highest BCUT2D eigenvalue weighted by molar-refractivity contribution is 6.11. The van der Waals surface area contributed by atoms with Gasteiger partial charge < -0.3 is 39.6 Å². The Morgan fingerprint density at radius 2 is 1.39 bits per heavy atom. The van der Waals surface area contributed by atoms with Crippen LogP contribution in [0.25, 0.3) is 10.9 Å². The summed E-state index contributed by atoms with van der Waals surface area (Å²) in [6.07, 6.45) is 1.68. The first-order valence-corrected chi connectivity index (χ1v) is 15.4. The first-order chi connectivity index (χ1) is 23.4. The standard InChI is InChI=1S/C34H38FN5O8.ClH/c1-44-11-12-46-13-14-47-15-16-48-28-9-10-29(45-2)31(35)30(28)32(41)21-3-5-22(6-4-21)33(42)38-26-19-36-20-27(26)39-34(43)23-7-8-24-18-37-40-25(24)17-23;/h3-10,17-18,26-27,36H,11-16,19-20H2,1-2H3,(H,37,40)(H,38,42)(H,39,43);1H/t26-,27-;/m1./s1. The van der Waals surface area contributed by atoms with Crippen molar-refractivity contribution in [3.8, 4) is 11.5 Å². The van der Waals surface area contributed by atoms with Crippen LogP contribution in [0.1, 0.15) is 36.6 Å². The van der Waals surface area contributed by atoms with Gasteiger partial charge in [0, 0.05) is 42.3 Å². The van der Waals surface area contributed by atoms with Gasteiger partial charge in [-0.05, 0) is 36.4 Å². The maximum Gasteiger partial charge on any atom is 0.251 e. The van der Waals surface area contributed by atoms with Crippen molar-refractivity contribution in [1.82, 2.24) is 26.1 Å². The molecule has 2 heterocycles. The van der Waals surface area contributed by atoms with E-state index in [4.69, 9.17) is 23.7 Å². The minimum atomic E-state index is -0.861. The van der Waals surface area contributed by atoms with Crippen LogP contribution in [0.15, 0.2) is 60.8 Å². The molecule has 4 aromatic rings. The molecule has 4 N–H and O–H groups in total. The van der Waals surface area contributed by atoms with Gasteiger partial charge in [0.05, 0.1) is 63.9 Å². The second kappa shape index (κ2) is 18.2. The van der Waals surface area contributed by atoms with Gasteiger partial charge in [0.25, 0.3) is 11.8 Å². The summed E-state index contributed by atoms with van der Waals surface area (Å²) < 4.78 is 41.9. The van der Waals surface area contributed by atoms with Crippen molar-refractivity contribution in [3.05, 3.63) is 88.9 Å². The molecule has 2 amide bonds. The molecule has 0 aliphatic carbocycles. The summed E-state index contributed by atoms with van der Waals surface area (Å²) in [7, 11) is 2.89. The van der Waals surface area contributed by atoms with Gasteiger partial charge in [0.1, 0.15) is 17.9 Å². The third-order valence-electron chi connectivity index (χ3n) is 7.76. The van der Waals surface area contributed by atoms with Gasteiger partial charge in [-0.1, -0.05) is 18.2 Å². The van der Waals surface area contributed by atoms with Crippen molar-refractivity contribution in [3.63, 3.8) is 0 Å². The van der Waals surface area contributed by atoms with Crippen molar-refractivity contribution in [2.75, 3.05) is 67.0 Å². The van der Waals surface area contributed by atoms with Crippen LogP contribution in [-0.4, -0.2) is 107 Å². The van der Waals surface area contributed by atoms with Gasteiger partial charge in [0.2, 0.25) is 0 Å². The van der Waals surface area contributed by atoms with E-state index in [0.29, 0.717) is 50.6 Å². The number of ketones is 1. The lowest BCUT2D eigenvalue weighted by atomic mass is 10.00. The van der Waals surface area contributed by atoms with Crippen molar-refractivity contribution in [2.24, 2.45) is 0 Å². The molecule has 1 fully saturated rings. The number of aromatic nitrogens is 2. The average molecular weight is 700 g/mol. The summed E-state index contributed by atoms with van der Waals surface area (Å²) in [5.74, 6) is -2.24. The third kappa shape index (κ3) is 9.52. The van der Waals surface area contributed by atoms with E-state index < -0.39 is 11.6 Å².